The van der Waals surface area contributed by atoms with Crippen LogP contribution in [-0.2, 0) is 0 Å². The van der Waals surface area contributed by atoms with Gasteiger partial charge in [0, 0.05) is 27.3 Å². The Kier molecular flexibility index (Phi) is 4.90. The van der Waals surface area contributed by atoms with E-state index in [1.165, 1.54) is 0 Å². The van der Waals surface area contributed by atoms with Crippen molar-refractivity contribution in [3.05, 3.63) is 31.3 Å². The molecule has 0 amide bonds. The highest BCUT2D eigenvalue weighted by Gasteiger charge is 2.13. The summed E-state index contributed by atoms with van der Waals surface area (Å²) >= 11 is 17.4. The average molecular weight is 366 g/mol. The van der Waals surface area contributed by atoms with Crippen molar-refractivity contribution in [2.24, 2.45) is 0 Å². The van der Waals surface area contributed by atoms with Crippen LogP contribution in [0.2, 0.25) is 10.0 Å². The van der Waals surface area contributed by atoms with Crippen molar-refractivity contribution in [1.82, 2.24) is 4.98 Å². The molecule has 0 saturated heterocycles. The van der Waals surface area contributed by atoms with Crippen LogP contribution < -0.4 is 5.32 Å². The summed E-state index contributed by atoms with van der Waals surface area (Å²) in [6.45, 7) is 2.92. The van der Waals surface area contributed by atoms with Crippen molar-refractivity contribution in [2.75, 3.05) is 11.9 Å². The number of thiophene rings is 1. The van der Waals surface area contributed by atoms with E-state index in [0.29, 0.717) is 15.9 Å². The van der Waals surface area contributed by atoms with Gasteiger partial charge in [-0.2, -0.15) is 11.3 Å². The summed E-state index contributed by atoms with van der Waals surface area (Å²) in [6.07, 6.45) is 1.01. The second-order valence-corrected chi connectivity index (χ2v) is 6.12. The number of aromatic nitrogens is 1. The molecule has 0 aliphatic rings. The summed E-state index contributed by atoms with van der Waals surface area (Å²) in [4.78, 5) is 4.51. The van der Waals surface area contributed by atoms with Gasteiger partial charge in [0.15, 0.2) is 0 Å². The van der Waals surface area contributed by atoms with Crippen LogP contribution in [0.3, 0.4) is 0 Å². The number of hydrogen-bond donors (Lipinski definition) is 1. The molecule has 0 bridgehead atoms. The molecule has 0 saturated carbocycles. The Hall–Kier alpha value is -0.290. The van der Waals surface area contributed by atoms with Crippen LogP contribution in [0.4, 0.5) is 5.82 Å². The van der Waals surface area contributed by atoms with Crippen molar-refractivity contribution in [3.63, 3.8) is 0 Å². The second-order valence-electron chi connectivity index (χ2n) is 3.71. The monoisotopic (exact) mass is 364 g/mol. The van der Waals surface area contributed by atoms with E-state index in [0.717, 1.165) is 28.7 Å². The van der Waals surface area contributed by atoms with Gasteiger partial charge in [0.25, 0.3) is 0 Å². The smallest absolute Gasteiger partial charge is 0.145 e. The number of anilines is 1. The van der Waals surface area contributed by atoms with Crippen molar-refractivity contribution in [1.29, 1.82) is 0 Å². The van der Waals surface area contributed by atoms with E-state index in [1.807, 2.05) is 10.8 Å². The molecule has 6 heteroatoms. The molecule has 0 unspecified atom stereocenters. The summed E-state index contributed by atoms with van der Waals surface area (Å²) in [5.74, 6) is 0.677. The van der Waals surface area contributed by atoms with Gasteiger partial charge in [-0.25, -0.2) is 4.98 Å². The maximum atomic E-state index is 6.21. The number of pyridine rings is 1. The first-order chi connectivity index (χ1) is 8.63. The molecule has 0 aromatic carbocycles. The third kappa shape index (κ3) is 2.99. The molecule has 96 valence electrons. The van der Waals surface area contributed by atoms with Crippen LogP contribution in [0, 0.1) is 0 Å². The molecular weight excluding hydrogens is 355 g/mol. The minimum absolute atomic E-state index is 0.545. The van der Waals surface area contributed by atoms with E-state index in [2.05, 4.69) is 33.2 Å². The highest BCUT2D eigenvalue weighted by atomic mass is 79.9. The Labute approximate surface area is 128 Å². The lowest BCUT2D eigenvalue weighted by atomic mass is 10.2. The van der Waals surface area contributed by atoms with E-state index >= 15 is 0 Å². The van der Waals surface area contributed by atoms with Crippen LogP contribution in [0.25, 0.3) is 11.3 Å². The minimum Gasteiger partial charge on any atom is -0.369 e. The van der Waals surface area contributed by atoms with Crippen LogP contribution in [0.1, 0.15) is 13.3 Å². The number of hydrogen-bond acceptors (Lipinski definition) is 3. The molecule has 18 heavy (non-hydrogen) atoms. The summed E-state index contributed by atoms with van der Waals surface area (Å²) in [5, 5.41) is 8.31. The van der Waals surface area contributed by atoms with Crippen molar-refractivity contribution < 1.29 is 0 Å². The summed E-state index contributed by atoms with van der Waals surface area (Å²) in [5.41, 5.74) is 1.73. The van der Waals surface area contributed by atoms with Gasteiger partial charge in [0.1, 0.15) is 5.82 Å². The van der Waals surface area contributed by atoms with Gasteiger partial charge in [0.2, 0.25) is 0 Å². The molecule has 2 aromatic rings. The third-order valence-corrected chi connectivity index (χ3v) is 4.62. The Balaban J connectivity index is 2.45. The molecule has 0 fully saturated rings. The zero-order valence-corrected chi connectivity index (χ0v) is 13.5. The van der Waals surface area contributed by atoms with Gasteiger partial charge < -0.3 is 5.32 Å². The number of nitrogens with one attached hydrogen (secondary N) is 1. The van der Waals surface area contributed by atoms with Crippen molar-refractivity contribution in [3.8, 4) is 11.3 Å². The fourth-order valence-corrected chi connectivity index (χ4v) is 3.47. The molecule has 0 aliphatic heterocycles. The topological polar surface area (TPSA) is 24.9 Å². The molecule has 2 nitrogen and oxygen atoms in total. The molecular formula is C12H11BrCl2N2S. The zero-order chi connectivity index (χ0) is 13.1. The molecule has 0 atom stereocenters. The van der Waals surface area contributed by atoms with Gasteiger partial charge in [-0.05, 0) is 28.4 Å². The van der Waals surface area contributed by atoms with Gasteiger partial charge >= 0.3 is 0 Å². The molecule has 2 aromatic heterocycles. The zero-order valence-electron chi connectivity index (χ0n) is 9.64. The van der Waals surface area contributed by atoms with Crippen LogP contribution in [0.5, 0.6) is 0 Å². The predicted molar refractivity (Wildman–Crippen MR) is 84.1 cm³/mol. The molecule has 2 heterocycles. The normalized spacial score (nSPS) is 10.7. The number of halogens is 3. The highest BCUT2D eigenvalue weighted by Crippen LogP contribution is 2.37. The first kappa shape index (κ1) is 14.1. The number of rotatable bonds is 4. The van der Waals surface area contributed by atoms with Crippen LogP contribution in [0.15, 0.2) is 21.3 Å². The first-order valence-corrected chi connectivity index (χ1v) is 7.94. The van der Waals surface area contributed by atoms with E-state index < -0.39 is 0 Å². The van der Waals surface area contributed by atoms with Crippen molar-refractivity contribution in [2.45, 2.75) is 13.3 Å². The van der Waals surface area contributed by atoms with Gasteiger partial charge in [-0.3, -0.25) is 0 Å². The van der Waals surface area contributed by atoms with Gasteiger partial charge in [0.05, 0.1) is 15.7 Å². The summed E-state index contributed by atoms with van der Waals surface area (Å²) < 4.78 is 0.991. The quantitative estimate of drug-likeness (QED) is 0.751. The van der Waals surface area contributed by atoms with Gasteiger partial charge in [-0.1, -0.05) is 30.1 Å². The standard InChI is InChI=1S/C12H11BrCl2N2S/c1-2-3-16-12-10(15)4-9(14)11(17-12)7-5-18-6-8(7)13/h4-6H,2-3H2,1H3,(H,16,17). The molecule has 1 N–H and O–H groups in total. The Morgan fingerprint density at radius 1 is 1.33 bits per heavy atom. The predicted octanol–water partition coefficient (Wildman–Crippen LogP) is 5.70. The lowest BCUT2D eigenvalue weighted by Crippen LogP contribution is -2.03. The van der Waals surface area contributed by atoms with E-state index in [1.54, 1.807) is 17.4 Å². The number of nitrogens with zero attached hydrogens (tertiary/aromatic N) is 1. The van der Waals surface area contributed by atoms with Crippen molar-refractivity contribution >= 4 is 56.3 Å². The van der Waals surface area contributed by atoms with E-state index in [9.17, 15) is 0 Å². The SMILES string of the molecule is CCCNc1nc(-c2cscc2Br)c(Cl)cc1Cl. The maximum absolute atomic E-state index is 6.21. The third-order valence-electron chi connectivity index (χ3n) is 2.34. The lowest BCUT2D eigenvalue weighted by Gasteiger charge is -2.10. The Morgan fingerprint density at radius 2 is 2.11 bits per heavy atom. The largest absolute Gasteiger partial charge is 0.369 e. The Bertz CT molecular complexity index is 557. The van der Waals surface area contributed by atoms with Crippen LogP contribution in [-0.4, -0.2) is 11.5 Å². The molecule has 0 spiro atoms. The fraction of sp³-hybridized carbons (Fsp3) is 0.250. The highest BCUT2D eigenvalue weighted by molar-refractivity contribution is 9.10. The summed E-state index contributed by atoms with van der Waals surface area (Å²) in [7, 11) is 0. The second kappa shape index (κ2) is 6.24. The molecule has 0 aliphatic carbocycles. The fourth-order valence-electron chi connectivity index (χ4n) is 1.47. The van der Waals surface area contributed by atoms with Gasteiger partial charge in [-0.15, -0.1) is 0 Å². The van der Waals surface area contributed by atoms with E-state index in [4.69, 9.17) is 23.2 Å². The lowest BCUT2D eigenvalue weighted by molar-refractivity contribution is 0.970. The molecule has 2 rings (SSSR count). The van der Waals surface area contributed by atoms with E-state index in [-0.39, 0.29) is 0 Å². The average Bonchev–Trinajstić information content (AvgIpc) is 2.74. The first-order valence-electron chi connectivity index (χ1n) is 5.45. The maximum Gasteiger partial charge on any atom is 0.145 e. The summed E-state index contributed by atoms with van der Waals surface area (Å²) in [6, 6.07) is 1.73. The Morgan fingerprint density at radius 3 is 2.72 bits per heavy atom. The molecule has 0 radical (unpaired) electrons. The minimum atomic E-state index is 0.545. The van der Waals surface area contributed by atoms with Crippen LogP contribution >= 0.6 is 50.5 Å².